The van der Waals surface area contributed by atoms with Crippen molar-refractivity contribution in [3.05, 3.63) is 58.8 Å². The predicted molar refractivity (Wildman–Crippen MR) is 126 cm³/mol. The van der Waals surface area contributed by atoms with E-state index in [0.29, 0.717) is 41.5 Å². The van der Waals surface area contributed by atoms with Crippen LogP contribution in [0.15, 0.2) is 42.1 Å². The van der Waals surface area contributed by atoms with Gasteiger partial charge in [-0.3, -0.25) is 9.59 Å². The first-order chi connectivity index (χ1) is 15.7. The van der Waals surface area contributed by atoms with Gasteiger partial charge in [0.1, 0.15) is 17.2 Å². The average Bonchev–Trinajstić information content (AvgIpc) is 3.04. The van der Waals surface area contributed by atoms with Crippen LogP contribution in [0, 0.1) is 13.8 Å². The van der Waals surface area contributed by atoms with Gasteiger partial charge in [0.15, 0.2) is 0 Å². The number of ether oxygens (including phenoxy) is 3. The van der Waals surface area contributed by atoms with Gasteiger partial charge < -0.3 is 19.1 Å². The maximum atomic E-state index is 13.9. The van der Waals surface area contributed by atoms with Crippen molar-refractivity contribution in [3.8, 4) is 11.5 Å². The van der Waals surface area contributed by atoms with E-state index in [-0.39, 0.29) is 24.0 Å². The second-order valence-electron chi connectivity index (χ2n) is 8.67. The van der Waals surface area contributed by atoms with Crippen molar-refractivity contribution in [3.63, 3.8) is 0 Å². The number of benzene rings is 2. The summed E-state index contributed by atoms with van der Waals surface area (Å²) in [5.41, 5.74) is 4.06. The fourth-order valence-electron chi connectivity index (χ4n) is 4.52. The van der Waals surface area contributed by atoms with E-state index in [2.05, 4.69) is 0 Å². The van der Waals surface area contributed by atoms with Crippen LogP contribution in [0.5, 0.6) is 11.5 Å². The largest absolute Gasteiger partial charge is 0.497 e. The summed E-state index contributed by atoms with van der Waals surface area (Å²) >= 11 is 0. The lowest BCUT2D eigenvalue weighted by molar-refractivity contribution is -0.121. The minimum Gasteiger partial charge on any atom is -0.497 e. The Hall–Kier alpha value is -3.32. The number of rotatable bonds is 5. The predicted octanol–water partition coefficient (Wildman–Crippen LogP) is 3.71. The third-order valence-electron chi connectivity index (χ3n) is 6.22. The Morgan fingerprint density at radius 1 is 0.879 bits per heavy atom. The number of hydrogen-bond donors (Lipinski definition) is 0. The van der Waals surface area contributed by atoms with Crippen LogP contribution < -0.4 is 14.4 Å². The molecule has 2 atom stereocenters. The van der Waals surface area contributed by atoms with Gasteiger partial charge in [-0.2, -0.15) is 0 Å². The summed E-state index contributed by atoms with van der Waals surface area (Å²) in [5.74, 6) is 0.195. The molecule has 1 saturated heterocycles. The first-order valence-corrected chi connectivity index (χ1v) is 11.1. The van der Waals surface area contributed by atoms with E-state index in [1.807, 2.05) is 50.8 Å². The minimum atomic E-state index is -0.378. The van der Waals surface area contributed by atoms with Crippen LogP contribution >= 0.6 is 0 Å². The van der Waals surface area contributed by atoms with Gasteiger partial charge in [-0.05, 0) is 56.5 Å². The molecule has 0 saturated carbocycles. The van der Waals surface area contributed by atoms with E-state index >= 15 is 0 Å². The van der Waals surface area contributed by atoms with E-state index in [9.17, 15) is 9.59 Å². The van der Waals surface area contributed by atoms with Crippen LogP contribution in [-0.4, -0.2) is 56.2 Å². The maximum Gasteiger partial charge on any atom is 0.282 e. The normalized spacial score (nSPS) is 21.2. The van der Waals surface area contributed by atoms with Gasteiger partial charge in [-0.15, -0.1) is 0 Å². The molecule has 0 radical (unpaired) electrons. The minimum absolute atomic E-state index is 0.0643. The fraction of sp³-hybridized carbons (Fsp3) is 0.385. The average molecular weight is 451 g/mol. The number of carbonyl (C=O) groups excluding carboxylic acids is 2. The van der Waals surface area contributed by atoms with Gasteiger partial charge >= 0.3 is 0 Å². The zero-order valence-corrected chi connectivity index (χ0v) is 20.0. The quantitative estimate of drug-likeness (QED) is 0.647. The highest BCUT2D eigenvalue weighted by Crippen LogP contribution is 2.41. The third-order valence-corrected chi connectivity index (χ3v) is 6.22. The van der Waals surface area contributed by atoms with Crippen LogP contribution in [0.2, 0.25) is 0 Å². The number of nitrogens with zero attached hydrogens (tertiary/aromatic N) is 2. The molecule has 2 aliphatic rings. The van der Waals surface area contributed by atoms with Gasteiger partial charge in [0.25, 0.3) is 11.8 Å². The molecular weight excluding hydrogens is 420 g/mol. The molecule has 2 aromatic rings. The number of morpholine rings is 1. The topological polar surface area (TPSA) is 68.3 Å². The molecule has 0 bridgehead atoms. The molecule has 0 N–H and O–H groups in total. The number of methoxy groups -OCH3 is 2. The molecule has 4 rings (SSSR count). The van der Waals surface area contributed by atoms with Gasteiger partial charge in [-0.25, -0.2) is 4.90 Å². The summed E-state index contributed by atoms with van der Waals surface area (Å²) in [6, 6.07) is 10.9. The highest BCUT2D eigenvalue weighted by molar-refractivity contribution is 6.45. The van der Waals surface area contributed by atoms with Crippen LogP contribution in [0.1, 0.15) is 30.5 Å². The summed E-state index contributed by atoms with van der Waals surface area (Å²) in [7, 11) is 3.06. The second-order valence-corrected chi connectivity index (χ2v) is 8.67. The standard InChI is InChI=1S/C26H30N2O5/c1-15-7-8-19(11-16(15)2)23-24(27-13-17(3)33-18(4)14-27)26(30)28(25(23)29)21-12-20(31-5)9-10-22(21)32-6/h7-12,17-18H,13-14H2,1-6H3. The Morgan fingerprint density at radius 2 is 1.58 bits per heavy atom. The highest BCUT2D eigenvalue weighted by atomic mass is 16.5. The van der Waals surface area contributed by atoms with Gasteiger partial charge in [0.05, 0.1) is 37.7 Å². The number of anilines is 1. The molecule has 7 heteroatoms. The summed E-state index contributed by atoms with van der Waals surface area (Å²) in [4.78, 5) is 31.0. The molecule has 2 aromatic carbocycles. The zero-order valence-electron chi connectivity index (χ0n) is 20.0. The van der Waals surface area contributed by atoms with Crippen LogP contribution in [-0.2, 0) is 14.3 Å². The summed E-state index contributed by atoms with van der Waals surface area (Å²) in [5, 5.41) is 0. The molecule has 2 aliphatic heterocycles. The van der Waals surface area contributed by atoms with Crippen molar-refractivity contribution >= 4 is 23.1 Å². The third kappa shape index (κ3) is 4.09. The highest BCUT2D eigenvalue weighted by Gasteiger charge is 2.45. The first-order valence-electron chi connectivity index (χ1n) is 11.1. The van der Waals surface area contributed by atoms with E-state index < -0.39 is 0 Å². The van der Waals surface area contributed by atoms with Crippen molar-refractivity contribution in [2.75, 3.05) is 32.2 Å². The lowest BCUT2D eigenvalue weighted by atomic mass is 9.99. The van der Waals surface area contributed by atoms with Gasteiger partial charge in [0.2, 0.25) is 0 Å². The molecular formula is C26H30N2O5. The molecule has 0 spiro atoms. The van der Waals surface area contributed by atoms with Gasteiger partial charge in [0, 0.05) is 19.2 Å². The summed E-state index contributed by atoms with van der Waals surface area (Å²) in [6.07, 6.45) is -0.129. The first kappa shape index (κ1) is 22.9. The zero-order chi connectivity index (χ0) is 23.9. The number of aryl methyl sites for hydroxylation is 2. The summed E-state index contributed by atoms with van der Waals surface area (Å²) in [6.45, 7) is 9.02. The number of imide groups is 1. The molecule has 7 nitrogen and oxygen atoms in total. The smallest absolute Gasteiger partial charge is 0.282 e. The molecule has 2 amide bonds. The fourth-order valence-corrected chi connectivity index (χ4v) is 4.52. The van der Waals surface area contributed by atoms with E-state index in [4.69, 9.17) is 14.2 Å². The molecule has 0 aliphatic carbocycles. The SMILES string of the molecule is COc1ccc(OC)c(N2C(=O)C(c3ccc(C)c(C)c3)=C(N3CC(C)OC(C)C3)C2=O)c1. The molecule has 2 heterocycles. The Bertz CT molecular complexity index is 1130. The number of amides is 2. The Morgan fingerprint density at radius 3 is 2.18 bits per heavy atom. The van der Waals surface area contributed by atoms with E-state index in [1.54, 1.807) is 25.3 Å². The van der Waals surface area contributed by atoms with Crippen molar-refractivity contribution in [1.82, 2.24) is 4.90 Å². The Balaban J connectivity index is 1.89. The molecule has 1 fully saturated rings. The van der Waals surface area contributed by atoms with Crippen LogP contribution in [0.3, 0.4) is 0 Å². The van der Waals surface area contributed by atoms with Crippen molar-refractivity contribution in [2.45, 2.75) is 39.9 Å². The monoisotopic (exact) mass is 450 g/mol. The Labute approximate surface area is 194 Å². The lowest BCUT2D eigenvalue weighted by Gasteiger charge is -2.37. The van der Waals surface area contributed by atoms with E-state index in [0.717, 1.165) is 16.7 Å². The van der Waals surface area contributed by atoms with Crippen molar-refractivity contribution in [2.24, 2.45) is 0 Å². The molecule has 2 unspecified atom stereocenters. The van der Waals surface area contributed by atoms with Crippen molar-refractivity contribution < 1.29 is 23.8 Å². The summed E-state index contributed by atoms with van der Waals surface area (Å²) < 4.78 is 16.7. The van der Waals surface area contributed by atoms with Crippen molar-refractivity contribution in [1.29, 1.82) is 0 Å². The second kappa shape index (κ2) is 8.90. The molecule has 0 aromatic heterocycles. The van der Waals surface area contributed by atoms with E-state index in [1.165, 1.54) is 12.0 Å². The van der Waals surface area contributed by atoms with Crippen LogP contribution in [0.25, 0.3) is 5.57 Å². The lowest BCUT2D eigenvalue weighted by Crippen LogP contribution is -2.47. The molecule has 174 valence electrons. The number of carbonyl (C=O) groups is 2. The molecule has 33 heavy (non-hydrogen) atoms. The Kier molecular flexibility index (Phi) is 6.17. The number of hydrogen-bond acceptors (Lipinski definition) is 6. The van der Waals surface area contributed by atoms with Gasteiger partial charge in [-0.1, -0.05) is 18.2 Å². The maximum absolute atomic E-state index is 13.9. The van der Waals surface area contributed by atoms with Crippen LogP contribution in [0.4, 0.5) is 5.69 Å².